The number of morpholine rings is 1. The van der Waals surface area contributed by atoms with E-state index in [0.29, 0.717) is 11.5 Å². The number of hydrogen-bond acceptors (Lipinski definition) is 8. The van der Waals surface area contributed by atoms with Crippen molar-refractivity contribution >= 4 is 38.5 Å². The lowest BCUT2D eigenvalue weighted by atomic mass is 10.1. The maximum atomic E-state index is 12.3. The van der Waals surface area contributed by atoms with E-state index in [1.54, 1.807) is 6.20 Å². The van der Waals surface area contributed by atoms with Gasteiger partial charge in [-0.1, -0.05) is 6.07 Å². The minimum atomic E-state index is -3.75. The number of rotatable bonds is 5. The minimum absolute atomic E-state index is 0.0613. The Bertz CT molecular complexity index is 1460. The van der Waals surface area contributed by atoms with Gasteiger partial charge in [-0.2, -0.15) is 0 Å². The normalized spacial score (nSPS) is 14.6. The van der Waals surface area contributed by atoms with Crippen LogP contribution in [-0.2, 0) is 14.8 Å². The highest BCUT2D eigenvalue weighted by Gasteiger charge is 2.19. The summed E-state index contributed by atoms with van der Waals surface area (Å²) in [7, 11) is -2.42. The number of anilines is 3. The topological polar surface area (TPSA) is 141 Å². The summed E-state index contributed by atoms with van der Waals surface area (Å²) in [5.41, 5.74) is 17.0. The van der Waals surface area contributed by atoms with Crippen LogP contribution in [0, 0.1) is 0 Å². The van der Waals surface area contributed by atoms with Gasteiger partial charge in [0.2, 0.25) is 16.0 Å². The van der Waals surface area contributed by atoms with Crippen molar-refractivity contribution < 1.29 is 13.2 Å². The Balaban J connectivity index is 1.56. The van der Waals surface area contributed by atoms with Gasteiger partial charge >= 0.3 is 0 Å². The zero-order chi connectivity index (χ0) is 23.9. The molecule has 34 heavy (non-hydrogen) atoms. The number of aromatic nitrogens is 3. The monoisotopic (exact) mass is 479 g/mol. The number of fused-ring (bicyclic) bond motifs is 1. The van der Waals surface area contributed by atoms with Gasteiger partial charge in [-0.05, 0) is 55.1 Å². The maximum Gasteiger partial charge on any atom is 0.243 e. The summed E-state index contributed by atoms with van der Waals surface area (Å²) in [5.74, 6) is 0.300. The summed E-state index contributed by atoms with van der Waals surface area (Å²) >= 11 is 0. The molecule has 2 aromatic carbocycles. The highest BCUT2D eigenvalue weighted by molar-refractivity contribution is 7.89. The molecule has 0 saturated carbocycles. The van der Waals surface area contributed by atoms with E-state index in [9.17, 15) is 8.42 Å². The molecule has 0 atom stereocenters. The van der Waals surface area contributed by atoms with E-state index in [1.807, 2.05) is 34.9 Å². The molecule has 0 unspecified atom stereocenters. The molecule has 2 aromatic heterocycles. The second kappa shape index (κ2) is 8.60. The van der Waals surface area contributed by atoms with Gasteiger partial charge in [0.05, 0.1) is 24.2 Å². The number of hydrogen-bond donors (Lipinski definition) is 3. The van der Waals surface area contributed by atoms with E-state index in [2.05, 4.69) is 31.7 Å². The summed E-state index contributed by atoms with van der Waals surface area (Å²) in [6.45, 7) is 3.17. The van der Waals surface area contributed by atoms with Crippen LogP contribution in [0.25, 0.3) is 27.8 Å². The van der Waals surface area contributed by atoms with Gasteiger partial charge in [0.1, 0.15) is 10.7 Å². The van der Waals surface area contributed by atoms with Gasteiger partial charge in [0, 0.05) is 36.2 Å². The third-order valence-electron chi connectivity index (χ3n) is 5.94. The lowest BCUT2D eigenvalue weighted by Crippen LogP contribution is -2.36. The quantitative estimate of drug-likeness (QED) is 0.395. The third kappa shape index (κ3) is 3.94. The first-order chi connectivity index (χ1) is 16.4. The summed E-state index contributed by atoms with van der Waals surface area (Å²) < 4.78 is 34.2. The molecule has 1 fully saturated rings. The van der Waals surface area contributed by atoms with Crippen LogP contribution in [0.3, 0.4) is 0 Å². The fourth-order valence-electron chi connectivity index (χ4n) is 4.12. The fourth-order valence-corrected chi connectivity index (χ4v) is 4.95. The first-order valence-electron chi connectivity index (χ1n) is 10.8. The molecule has 11 heteroatoms. The average Bonchev–Trinajstić information content (AvgIpc) is 3.19. The first-order valence-corrected chi connectivity index (χ1v) is 12.3. The van der Waals surface area contributed by atoms with Gasteiger partial charge in [-0.15, -0.1) is 0 Å². The van der Waals surface area contributed by atoms with Gasteiger partial charge in [0.15, 0.2) is 0 Å². The zero-order valence-corrected chi connectivity index (χ0v) is 19.4. The molecule has 0 radical (unpaired) electrons. The van der Waals surface area contributed by atoms with Crippen molar-refractivity contribution in [2.24, 2.45) is 0 Å². The van der Waals surface area contributed by atoms with Crippen LogP contribution in [0.2, 0.25) is 0 Å². The van der Waals surface area contributed by atoms with Crippen molar-refractivity contribution in [3.8, 4) is 16.8 Å². The van der Waals surface area contributed by atoms with Crippen LogP contribution >= 0.6 is 0 Å². The molecule has 0 amide bonds. The Hall–Kier alpha value is -3.67. The number of pyridine rings is 1. The Labute approximate surface area is 197 Å². The maximum absolute atomic E-state index is 12.3. The fraction of sp³-hybridized carbons (Fsp3) is 0.217. The molecule has 0 bridgehead atoms. The zero-order valence-electron chi connectivity index (χ0n) is 18.6. The number of nitrogens with one attached hydrogen (secondary N) is 1. The molecule has 0 aliphatic carbocycles. The van der Waals surface area contributed by atoms with Crippen molar-refractivity contribution in [2.45, 2.75) is 4.90 Å². The largest absolute Gasteiger partial charge is 0.383 e. The number of nitrogen functional groups attached to an aromatic ring is 2. The van der Waals surface area contributed by atoms with Crippen LogP contribution in [0.5, 0.6) is 0 Å². The molecular formula is C23H25N7O3S. The summed E-state index contributed by atoms with van der Waals surface area (Å²) in [4.78, 5) is 10.8. The van der Waals surface area contributed by atoms with Crippen molar-refractivity contribution in [1.29, 1.82) is 0 Å². The highest BCUT2D eigenvalue weighted by atomic mass is 32.2. The standard InChI is InChI=1S/C23H25N7O3S/c1-26-34(31,32)21-13-16(14-27-22(21)24)15-2-7-19-20(12-15)30(23(25)28-19)18-5-3-17(4-6-18)29-8-10-33-11-9-29/h2-7,12-14,26H,8-11H2,1H3,(H2,24,27)(H2,25,28). The Kier molecular flexibility index (Phi) is 5.60. The van der Waals surface area contributed by atoms with E-state index in [4.69, 9.17) is 16.2 Å². The Morgan fingerprint density at radius 2 is 1.68 bits per heavy atom. The van der Waals surface area contributed by atoms with E-state index >= 15 is 0 Å². The van der Waals surface area contributed by atoms with Crippen LogP contribution in [0.15, 0.2) is 59.6 Å². The molecule has 0 spiro atoms. The predicted molar refractivity (Wildman–Crippen MR) is 132 cm³/mol. The molecule has 1 aliphatic heterocycles. The van der Waals surface area contributed by atoms with Gasteiger partial charge in [-0.25, -0.2) is 23.1 Å². The Morgan fingerprint density at radius 1 is 0.971 bits per heavy atom. The van der Waals surface area contributed by atoms with Crippen molar-refractivity contribution in [3.05, 3.63) is 54.7 Å². The minimum Gasteiger partial charge on any atom is -0.383 e. The predicted octanol–water partition coefficient (Wildman–Crippen LogP) is 2.00. The SMILES string of the molecule is CNS(=O)(=O)c1cc(-c2ccc3nc(N)n(-c4ccc(N5CCOCC5)cc4)c3c2)cnc1N. The van der Waals surface area contributed by atoms with E-state index < -0.39 is 10.0 Å². The number of nitrogens with two attached hydrogens (primary N) is 2. The molecule has 1 saturated heterocycles. The van der Waals surface area contributed by atoms with Crippen molar-refractivity contribution in [1.82, 2.24) is 19.3 Å². The van der Waals surface area contributed by atoms with Gasteiger partial charge in [-0.3, -0.25) is 4.57 Å². The van der Waals surface area contributed by atoms with Crippen LogP contribution in [0.4, 0.5) is 17.5 Å². The lowest BCUT2D eigenvalue weighted by molar-refractivity contribution is 0.122. The number of benzene rings is 2. The number of nitrogens with zero attached hydrogens (tertiary/aromatic N) is 4. The number of imidazole rings is 1. The molecular weight excluding hydrogens is 454 g/mol. The third-order valence-corrected chi connectivity index (χ3v) is 7.38. The van der Waals surface area contributed by atoms with Gasteiger partial charge in [0.25, 0.3) is 0 Å². The molecule has 176 valence electrons. The average molecular weight is 480 g/mol. The number of sulfonamides is 1. The smallest absolute Gasteiger partial charge is 0.243 e. The first kappa shape index (κ1) is 22.1. The lowest BCUT2D eigenvalue weighted by Gasteiger charge is -2.29. The highest BCUT2D eigenvalue weighted by Crippen LogP contribution is 2.31. The Morgan fingerprint density at radius 3 is 2.38 bits per heavy atom. The van der Waals surface area contributed by atoms with E-state index in [0.717, 1.165) is 54.3 Å². The second-order valence-corrected chi connectivity index (χ2v) is 9.79. The van der Waals surface area contributed by atoms with E-state index in [1.165, 1.54) is 13.1 Å². The van der Waals surface area contributed by atoms with Crippen LogP contribution in [0.1, 0.15) is 0 Å². The molecule has 5 rings (SSSR count). The van der Waals surface area contributed by atoms with Gasteiger partial charge < -0.3 is 21.1 Å². The summed E-state index contributed by atoms with van der Waals surface area (Å²) in [6, 6.07) is 15.3. The summed E-state index contributed by atoms with van der Waals surface area (Å²) in [5, 5.41) is 0. The van der Waals surface area contributed by atoms with Crippen LogP contribution < -0.4 is 21.1 Å². The molecule has 3 heterocycles. The summed E-state index contributed by atoms with van der Waals surface area (Å²) in [6.07, 6.45) is 1.55. The van der Waals surface area contributed by atoms with E-state index in [-0.39, 0.29) is 10.7 Å². The molecule has 4 aromatic rings. The second-order valence-electron chi connectivity index (χ2n) is 7.94. The van der Waals surface area contributed by atoms with Crippen LogP contribution in [-0.4, -0.2) is 56.3 Å². The van der Waals surface area contributed by atoms with Crippen molar-refractivity contribution in [3.63, 3.8) is 0 Å². The number of ether oxygens (including phenoxy) is 1. The molecule has 5 N–H and O–H groups in total. The van der Waals surface area contributed by atoms with Crippen molar-refractivity contribution in [2.75, 3.05) is 49.7 Å². The molecule has 1 aliphatic rings. The molecule has 10 nitrogen and oxygen atoms in total.